The van der Waals surface area contributed by atoms with Gasteiger partial charge in [0.25, 0.3) is 5.69 Å². The summed E-state index contributed by atoms with van der Waals surface area (Å²) in [5.74, 6) is 0.755. The molecule has 1 atom stereocenters. The first-order valence-electron chi connectivity index (χ1n) is 7.86. The second kappa shape index (κ2) is 6.70. The number of carbonyl (C=O) groups excluding carboxylic acids is 1. The molecule has 2 aromatic rings. The summed E-state index contributed by atoms with van der Waals surface area (Å²) < 4.78 is 5.91. The Morgan fingerprint density at radius 2 is 2.00 bits per heavy atom. The fourth-order valence-corrected chi connectivity index (χ4v) is 2.81. The molecule has 1 heterocycles. The number of ether oxygens (including phenoxy) is 1. The van der Waals surface area contributed by atoms with Crippen molar-refractivity contribution in [2.24, 2.45) is 0 Å². The SMILES string of the molecule is C[C@@H](Oc1cccc(N2CCCC2=O)c1)c1cccc([N+](=O)[O-])c1. The van der Waals surface area contributed by atoms with E-state index in [1.54, 1.807) is 17.0 Å². The molecule has 124 valence electrons. The predicted octanol–water partition coefficient (Wildman–Crippen LogP) is 3.86. The largest absolute Gasteiger partial charge is 0.486 e. The number of carbonyl (C=O) groups is 1. The van der Waals surface area contributed by atoms with Crippen LogP contribution in [0.25, 0.3) is 0 Å². The Morgan fingerprint density at radius 1 is 1.21 bits per heavy atom. The van der Waals surface area contributed by atoms with Gasteiger partial charge >= 0.3 is 0 Å². The zero-order valence-corrected chi connectivity index (χ0v) is 13.3. The van der Waals surface area contributed by atoms with Gasteiger partial charge < -0.3 is 9.64 Å². The number of anilines is 1. The van der Waals surface area contributed by atoms with Gasteiger partial charge in [0.2, 0.25) is 5.91 Å². The lowest BCUT2D eigenvalue weighted by Crippen LogP contribution is -2.23. The predicted molar refractivity (Wildman–Crippen MR) is 90.2 cm³/mol. The summed E-state index contributed by atoms with van der Waals surface area (Å²) in [6.07, 6.45) is 1.11. The normalized spacial score (nSPS) is 15.4. The van der Waals surface area contributed by atoms with Crippen LogP contribution in [0.1, 0.15) is 31.4 Å². The smallest absolute Gasteiger partial charge is 0.269 e. The van der Waals surface area contributed by atoms with Crippen LogP contribution in [0.2, 0.25) is 0 Å². The van der Waals surface area contributed by atoms with Crippen molar-refractivity contribution >= 4 is 17.3 Å². The van der Waals surface area contributed by atoms with E-state index in [2.05, 4.69) is 0 Å². The molecular weight excluding hydrogens is 308 g/mol. The quantitative estimate of drug-likeness (QED) is 0.618. The molecule has 1 saturated heterocycles. The standard InChI is InChI=1S/C18H18N2O4/c1-13(14-5-2-7-16(11-14)20(22)23)24-17-8-3-6-15(12-17)19-10-4-9-18(19)21/h2-3,5-8,11-13H,4,9-10H2,1H3/t13-/m1/s1. The number of amides is 1. The molecule has 0 N–H and O–H groups in total. The van der Waals surface area contributed by atoms with Crippen LogP contribution >= 0.6 is 0 Å². The highest BCUT2D eigenvalue weighted by Gasteiger charge is 2.22. The fourth-order valence-electron chi connectivity index (χ4n) is 2.81. The van der Waals surface area contributed by atoms with Crippen molar-refractivity contribution in [2.45, 2.75) is 25.9 Å². The lowest BCUT2D eigenvalue weighted by atomic mass is 10.1. The molecule has 0 bridgehead atoms. The summed E-state index contributed by atoms with van der Waals surface area (Å²) in [7, 11) is 0. The van der Waals surface area contributed by atoms with E-state index in [0.717, 1.165) is 24.2 Å². The number of non-ortho nitro benzene ring substituents is 1. The molecular formula is C18H18N2O4. The molecule has 0 spiro atoms. The number of rotatable bonds is 5. The Kier molecular flexibility index (Phi) is 4.46. The Bertz CT molecular complexity index is 775. The van der Waals surface area contributed by atoms with E-state index in [1.165, 1.54) is 12.1 Å². The average Bonchev–Trinajstić information content (AvgIpc) is 3.01. The van der Waals surface area contributed by atoms with Gasteiger partial charge in [0.05, 0.1) is 4.92 Å². The van der Waals surface area contributed by atoms with Gasteiger partial charge in [-0.3, -0.25) is 14.9 Å². The summed E-state index contributed by atoms with van der Waals surface area (Å²) in [6.45, 7) is 2.56. The maximum atomic E-state index is 11.9. The van der Waals surface area contributed by atoms with Crippen LogP contribution in [0.15, 0.2) is 48.5 Å². The van der Waals surface area contributed by atoms with E-state index in [0.29, 0.717) is 12.2 Å². The van der Waals surface area contributed by atoms with E-state index < -0.39 is 4.92 Å². The number of nitro benzene ring substituents is 1. The van der Waals surface area contributed by atoms with Gasteiger partial charge in [0.1, 0.15) is 11.9 Å². The summed E-state index contributed by atoms with van der Waals surface area (Å²) >= 11 is 0. The number of hydrogen-bond donors (Lipinski definition) is 0. The van der Waals surface area contributed by atoms with Crippen molar-refractivity contribution in [1.82, 2.24) is 0 Å². The zero-order chi connectivity index (χ0) is 17.1. The van der Waals surface area contributed by atoms with E-state index >= 15 is 0 Å². The van der Waals surface area contributed by atoms with Gasteiger partial charge in [0.15, 0.2) is 0 Å². The van der Waals surface area contributed by atoms with Crippen molar-refractivity contribution in [2.75, 3.05) is 11.4 Å². The monoisotopic (exact) mass is 326 g/mol. The molecule has 1 aliphatic heterocycles. The highest BCUT2D eigenvalue weighted by Crippen LogP contribution is 2.29. The minimum Gasteiger partial charge on any atom is -0.486 e. The summed E-state index contributed by atoms with van der Waals surface area (Å²) in [6, 6.07) is 13.8. The van der Waals surface area contributed by atoms with Crippen LogP contribution in [-0.2, 0) is 4.79 Å². The molecule has 6 heteroatoms. The molecule has 1 amide bonds. The van der Waals surface area contributed by atoms with Crippen LogP contribution in [0.3, 0.4) is 0 Å². The minimum atomic E-state index is -0.421. The molecule has 2 aromatic carbocycles. The molecule has 1 aliphatic rings. The molecule has 1 fully saturated rings. The van der Waals surface area contributed by atoms with Crippen LogP contribution < -0.4 is 9.64 Å². The first-order valence-corrected chi connectivity index (χ1v) is 7.86. The Hall–Kier alpha value is -2.89. The molecule has 6 nitrogen and oxygen atoms in total. The third-order valence-electron chi connectivity index (χ3n) is 4.07. The molecule has 0 radical (unpaired) electrons. The first-order chi connectivity index (χ1) is 11.5. The van der Waals surface area contributed by atoms with Gasteiger partial charge in [-0.2, -0.15) is 0 Å². The lowest BCUT2D eigenvalue weighted by molar-refractivity contribution is -0.385. The zero-order valence-electron chi connectivity index (χ0n) is 13.3. The lowest BCUT2D eigenvalue weighted by Gasteiger charge is -2.19. The van der Waals surface area contributed by atoms with Gasteiger partial charge in [-0.15, -0.1) is 0 Å². The van der Waals surface area contributed by atoms with Crippen molar-refractivity contribution < 1.29 is 14.5 Å². The number of nitrogens with zero attached hydrogens (tertiary/aromatic N) is 2. The average molecular weight is 326 g/mol. The fraction of sp³-hybridized carbons (Fsp3) is 0.278. The Balaban J connectivity index is 1.77. The molecule has 3 rings (SSSR count). The molecule has 24 heavy (non-hydrogen) atoms. The minimum absolute atomic E-state index is 0.0411. The van der Waals surface area contributed by atoms with E-state index in [1.807, 2.05) is 31.2 Å². The summed E-state index contributed by atoms with van der Waals surface area (Å²) in [5.41, 5.74) is 1.59. The highest BCUT2D eigenvalue weighted by molar-refractivity contribution is 5.95. The maximum Gasteiger partial charge on any atom is 0.269 e. The topological polar surface area (TPSA) is 72.7 Å². The van der Waals surface area contributed by atoms with Crippen molar-refractivity contribution in [1.29, 1.82) is 0 Å². The first kappa shape index (κ1) is 16.0. The third-order valence-corrected chi connectivity index (χ3v) is 4.07. The Labute approximate surface area is 139 Å². The van der Waals surface area contributed by atoms with E-state index in [4.69, 9.17) is 4.74 Å². The van der Waals surface area contributed by atoms with Gasteiger partial charge in [0, 0.05) is 36.9 Å². The molecule has 0 unspecified atom stereocenters. The number of hydrogen-bond acceptors (Lipinski definition) is 4. The van der Waals surface area contributed by atoms with E-state index in [-0.39, 0.29) is 17.7 Å². The van der Waals surface area contributed by atoms with Gasteiger partial charge in [-0.05, 0) is 31.0 Å². The molecule has 0 aliphatic carbocycles. The third kappa shape index (κ3) is 3.37. The van der Waals surface area contributed by atoms with Crippen LogP contribution in [0.5, 0.6) is 5.75 Å². The molecule has 0 aromatic heterocycles. The van der Waals surface area contributed by atoms with Crippen molar-refractivity contribution in [3.05, 3.63) is 64.2 Å². The summed E-state index contributed by atoms with van der Waals surface area (Å²) in [4.78, 5) is 24.1. The highest BCUT2D eigenvalue weighted by atomic mass is 16.6. The maximum absolute atomic E-state index is 11.9. The second-order valence-electron chi connectivity index (χ2n) is 5.76. The van der Waals surface area contributed by atoms with Crippen molar-refractivity contribution in [3.8, 4) is 5.75 Å². The van der Waals surface area contributed by atoms with Crippen molar-refractivity contribution in [3.63, 3.8) is 0 Å². The second-order valence-corrected chi connectivity index (χ2v) is 5.76. The number of benzene rings is 2. The van der Waals surface area contributed by atoms with Crippen LogP contribution in [-0.4, -0.2) is 17.4 Å². The van der Waals surface area contributed by atoms with Crippen LogP contribution in [0, 0.1) is 10.1 Å². The summed E-state index contributed by atoms with van der Waals surface area (Å²) in [5, 5.41) is 10.9. The Morgan fingerprint density at radius 3 is 2.71 bits per heavy atom. The number of nitro groups is 1. The van der Waals surface area contributed by atoms with E-state index in [9.17, 15) is 14.9 Å². The van der Waals surface area contributed by atoms with Crippen LogP contribution in [0.4, 0.5) is 11.4 Å². The molecule has 0 saturated carbocycles. The van der Waals surface area contributed by atoms with Gasteiger partial charge in [-0.25, -0.2) is 0 Å². The van der Waals surface area contributed by atoms with Gasteiger partial charge in [-0.1, -0.05) is 18.2 Å².